The van der Waals surface area contributed by atoms with E-state index in [1.54, 1.807) is 7.11 Å². The average molecular weight is 199 g/mol. The monoisotopic (exact) mass is 199 g/mol. The van der Waals surface area contributed by atoms with Crippen LogP contribution in [0.15, 0.2) is 0 Å². The van der Waals surface area contributed by atoms with E-state index < -0.39 is 0 Å². The molecule has 5 heteroatoms. The molecule has 80 valence electrons. The first-order valence-electron chi connectivity index (χ1n) is 4.84. The molecule has 0 aliphatic heterocycles. The number of rotatable bonds is 6. The molecule has 1 aromatic heterocycles. The lowest BCUT2D eigenvalue weighted by Gasteiger charge is -2.05. The van der Waals surface area contributed by atoms with Crippen LogP contribution in [0.4, 0.5) is 0 Å². The Morgan fingerprint density at radius 1 is 1.50 bits per heavy atom. The van der Waals surface area contributed by atoms with Crippen molar-refractivity contribution in [1.82, 2.24) is 15.0 Å². The van der Waals surface area contributed by atoms with Crippen molar-refractivity contribution in [3.05, 3.63) is 11.4 Å². The summed E-state index contributed by atoms with van der Waals surface area (Å²) >= 11 is 0. The minimum absolute atomic E-state index is 0.0528. The number of methoxy groups -OCH3 is 1. The van der Waals surface area contributed by atoms with Crippen molar-refractivity contribution in [1.29, 1.82) is 0 Å². The van der Waals surface area contributed by atoms with Crippen molar-refractivity contribution in [3.63, 3.8) is 0 Å². The average Bonchev–Trinajstić information content (AvgIpc) is 2.58. The standard InChI is InChI=1S/C9H17N3O2/c1-3-5-12-9(4-6-14-2)8(7-13)10-11-12/h13H,3-7H2,1-2H3. The lowest BCUT2D eigenvalue weighted by atomic mass is 10.2. The van der Waals surface area contributed by atoms with Crippen molar-refractivity contribution in [2.75, 3.05) is 13.7 Å². The van der Waals surface area contributed by atoms with E-state index >= 15 is 0 Å². The summed E-state index contributed by atoms with van der Waals surface area (Å²) in [4.78, 5) is 0. The fraction of sp³-hybridized carbons (Fsp3) is 0.778. The number of aliphatic hydroxyl groups excluding tert-OH is 1. The number of hydrogen-bond donors (Lipinski definition) is 1. The minimum atomic E-state index is -0.0528. The Morgan fingerprint density at radius 2 is 2.29 bits per heavy atom. The molecule has 0 unspecified atom stereocenters. The van der Waals surface area contributed by atoms with Gasteiger partial charge < -0.3 is 9.84 Å². The predicted molar refractivity (Wildman–Crippen MR) is 51.8 cm³/mol. The van der Waals surface area contributed by atoms with Gasteiger partial charge in [-0.2, -0.15) is 0 Å². The Balaban J connectivity index is 2.76. The molecule has 1 aromatic rings. The molecule has 0 amide bonds. The number of aryl methyl sites for hydroxylation is 1. The second kappa shape index (κ2) is 5.72. The lowest BCUT2D eigenvalue weighted by molar-refractivity contribution is 0.199. The normalized spacial score (nSPS) is 10.8. The molecule has 14 heavy (non-hydrogen) atoms. The van der Waals surface area contributed by atoms with Crippen LogP contribution < -0.4 is 0 Å². The third-order valence-corrected chi connectivity index (χ3v) is 2.05. The van der Waals surface area contributed by atoms with Gasteiger partial charge in [-0.3, -0.25) is 0 Å². The summed E-state index contributed by atoms with van der Waals surface area (Å²) in [5.74, 6) is 0. The summed E-state index contributed by atoms with van der Waals surface area (Å²) in [5, 5.41) is 16.9. The molecule has 0 saturated carbocycles. The van der Waals surface area contributed by atoms with Crippen LogP contribution in [-0.2, 0) is 24.3 Å². The third kappa shape index (κ3) is 2.52. The predicted octanol–water partition coefficient (Wildman–Crippen LogP) is 0.369. The molecule has 5 nitrogen and oxygen atoms in total. The summed E-state index contributed by atoms with van der Waals surface area (Å²) in [6.07, 6.45) is 1.76. The molecule has 0 aliphatic rings. The van der Waals surface area contributed by atoms with Gasteiger partial charge in [-0.05, 0) is 6.42 Å². The molecule has 1 heterocycles. The highest BCUT2D eigenvalue weighted by Gasteiger charge is 2.10. The van der Waals surface area contributed by atoms with Gasteiger partial charge in [0, 0.05) is 20.1 Å². The fourth-order valence-corrected chi connectivity index (χ4v) is 1.36. The Kier molecular flexibility index (Phi) is 4.55. The number of nitrogens with zero attached hydrogens (tertiary/aromatic N) is 3. The highest BCUT2D eigenvalue weighted by molar-refractivity contribution is 5.09. The summed E-state index contributed by atoms with van der Waals surface area (Å²) in [7, 11) is 1.66. The summed E-state index contributed by atoms with van der Waals surface area (Å²) in [6, 6.07) is 0. The topological polar surface area (TPSA) is 60.2 Å². The van der Waals surface area contributed by atoms with E-state index in [-0.39, 0.29) is 6.61 Å². The lowest BCUT2D eigenvalue weighted by Crippen LogP contribution is -2.08. The first-order valence-corrected chi connectivity index (χ1v) is 4.84. The van der Waals surface area contributed by atoms with E-state index in [2.05, 4.69) is 17.2 Å². The Morgan fingerprint density at radius 3 is 2.86 bits per heavy atom. The van der Waals surface area contributed by atoms with Crippen LogP contribution in [0.1, 0.15) is 24.7 Å². The second-order valence-corrected chi connectivity index (χ2v) is 3.11. The van der Waals surface area contributed by atoms with Crippen LogP contribution in [0, 0.1) is 0 Å². The van der Waals surface area contributed by atoms with Gasteiger partial charge in [-0.25, -0.2) is 4.68 Å². The first-order chi connectivity index (χ1) is 6.83. The first kappa shape index (κ1) is 11.1. The van der Waals surface area contributed by atoms with Gasteiger partial charge in [0.05, 0.1) is 18.9 Å². The van der Waals surface area contributed by atoms with E-state index in [0.29, 0.717) is 12.3 Å². The molecule has 0 saturated heterocycles. The second-order valence-electron chi connectivity index (χ2n) is 3.11. The SMILES string of the molecule is CCCn1nnc(CO)c1CCOC. The molecule has 0 radical (unpaired) electrons. The van der Waals surface area contributed by atoms with E-state index in [4.69, 9.17) is 9.84 Å². The van der Waals surface area contributed by atoms with Crippen LogP contribution in [-0.4, -0.2) is 33.8 Å². The van der Waals surface area contributed by atoms with E-state index in [1.165, 1.54) is 0 Å². The van der Waals surface area contributed by atoms with Crippen LogP contribution in [0.25, 0.3) is 0 Å². The van der Waals surface area contributed by atoms with Gasteiger partial charge in [-0.1, -0.05) is 12.1 Å². The maximum atomic E-state index is 9.04. The molecule has 1 rings (SSSR count). The zero-order valence-corrected chi connectivity index (χ0v) is 8.73. The van der Waals surface area contributed by atoms with Crippen molar-refractivity contribution in [2.24, 2.45) is 0 Å². The van der Waals surface area contributed by atoms with E-state index in [9.17, 15) is 0 Å². The van der Waals surface area contributed by atoms with Crippen LogP contribution in [0.2, 0.25) is 0 Å². The molecule has 0 atom stereocenters. The van der Waals surface area contributed by atoms with E-state index in [0.717, 1.165) is 25.1 Å². The Labute approximate surface area is 83.7 Å². The number of aliphatic hydroxyl groups is 1. The largest absolute Gasteiger partial charge is 0.390 e. The van der Waals surface area contributed by atoms with E-state index in [1.807, 2.05) is 4.68 Å². The van der Waals surface area contributed by atoms with Crippen LogP contribution in [0.5, 0.6) is 0 Å². The molecule has 0 aliphatic carbocycles. The van der Waals surface area contributed by atoms with Gasteiger partial charge in [0.1, 0.15) is 5.69 Å². The van der Waals surface area contributed by atoms with Crippen molar-refractivity contribution in [3.8, 4) is 0 Å². The van der Waals surface area contributed by atoms with Gasteiger partial charge in [-0.15, -0.1) is 5.10 Å². The number of ether oxygens (including phenoxy) is 1. The maximum Gasteiger partial charge on any atom is 0.111 e. The van der Waals surface area contributed by atoms with Crippen LogP contribution >= 0.6 is 0 Å². The fourth-order valence-electron chi connectivity index (χ4n) is 1.36. The zero-order valence-electron chi connectivity index (χ0n) is 8.73. The molecule has 0 spiro atoms. The highest BCUT2D eigenvalue weighted by Crippen LogP contribution is 2.07. The molecule has 0 aromatic carbocycles. The van der Waals surface area contributed by atoms with Crippen molar-refractivity contribution < 1.29 is 9.84 Å². The molecular formula is C9H17N3O2. The van der Waals surface area contributed by atoms with Gasteiger partial charge >= 0.3 is 0 Å². The van der Waals surface area contributed by atoms with Crippen molar-refractivity contribution in [2.45, 2.75) is 32.9 Å². The summed E-state index contributed by atoms with van der Waals surface area (Å²) in [5.41, 5.74) is 1.65. The van der Waals surface area contributed by atoms with Gasteiger partial charge in [0.15, 0.2) is 0 Å². The summed E-state index contributed by atoms with van der Waals surface area (Å²) < 4.78 is 6.84. The van der Waals surface area contributed by atoms with Gasteiger partial charge in [0.25, 0.3) is 0 Å². The Hall–Kier alpha value is -0.940. The summed E-state index contributed by atoms with van der Waals surface area (Å²) in [6.45, 7) is 3.50. The maximum absolute atomic E-state index is 9.04. The molecule has 0 bridgehead atoms. The Bertz CT molecular complexity index is 273. The van der Waals surface area contributed by atoms with Crippen LogP contribution in [0.3, 0.4) is 0 Å². The number of aromatic nitrogens is 3. The molecule has 1 N–H and O–H groups in total. The smallest absolute Gasteiger partial charge is 0.111 e. The molecule has 0 fully saturated rings. The zero-order chi connectivity index (χ0) is 10.4. The molecular weight excluding hydrogens is 182 g/mol. The van der Waals surface area contributed by atoms with Gasteiger partial charge in [0.2, 0.25) is 0 Å². The highest BCUT2D eigenvalue weighted by atomic mass is 16.5. The number of hydrogen-bond acceptors (Lipinski definition) is 4. The third-order valence-electron chi connectivity index (χ3n) is 2.05. The quantitative estimate of drug-likeness (QED) is 0.719. The van der Waals surface area contributed by atoms with Crippen molar-refractivity contribution >= 4 is 0 Å². The minimum Gasteiger partial charge on any atom is -0.390 e.